The van der Waals surface area contributed by atoms with E-state index in [-0.39, 0.29) is 17.8 Å². The second-order valence-corrected chi connectivity index (χ2v) is 6.00. The van der Waals surface area contributed by atoms with Crippen molar-refractivity contribution in [2.75, 3.05) is 6.54 Å². The number of aryl methyl sites for hydroxylation is 1. The molecule has 2 heterocycles. The van der Waals surface area contributed by atoms with Crippen LogP contribution in [0.5, 0.6) is 0 Å². The fourth-order valence-electron chi connectivity index (χ4n) is 3.26. The maximum Gasteiger partial charge on any atom is 0.423 e. The zero-order chi connectivity index (χ0) is 16.4. The molecule has 0 saturated carbocycles. The van der Waals surface area contributed by atoms with Gasteiger partial charge in [-0.05, 0) is 45.4 Å². The number of fused-ring (bicyclic) bond motifs is 1. The molecule has 0 bridgehead atoms. The van der Waals surface area contributed by atoms with Crippen molar-refractivity contribution >= 4 is 17.1 Å². The quantitative estimate of drug-likeness (QED) is 0.943. The van der Waals surface area contributed by atoms with Gasteiger partial charge in [0.15, 0.2) is 0 Å². The Balaban J connectivity index is 1.89. The Labute approximate surface area is 135 Å². The highest BCUT2D eigenvalue weighted by atomic mass is 16.6. The molecule has 1 aliphatic rings. The minimum atomic E-state index is -0.599. The molecule has 6 nitrogen and oxygen atoms in total. The third-order valence-corrected chi connectivity index (χ3v) is 4.54. The van der Waals surface area contributed by atoms with Gasteiger partial charge in [-0.2, -0.15) is 4.57 Å². The van der Waals surface area contributed by atoms with Crippen LogP contribution >= 0.6 is 0 Å². The molecule has 0 radical (unpaired) electrons. The third kappa shape index (κ3) is 2.91. The second kappa shape index (κ2) is 6.58. The Morgan fingerprint density at radius 3 is 2.74 bits per heavy atom. The zero-order valence-electron chi connectivity index (χ0n) is 13.6. The van der Waals surface area contributed by atoms with Crippen LogP contribution < -0.4 is 11.0 Å². The average molecular weight is 317 g/mol. The molecule has 0 aliphatic carbocycles. The topological polar surface area (TPSA) is 65.3 Å². The Kier molecular flexibility index (Phi) is 4.52. The fraction of sp³-hybridized carbons (Fsp3) is 0.529. The van der Waals surface area contributed by atoms with Crippen LogP contribution in [-0.4, -0.2) is 33.9 Å². The van der Waals surface area contributed by atoms with Crippen molar-refractivity contribution in [2.24, 2.45) is 0 Å². The first-order valence-corrected chi connectivity index (χ1v) is 8.28. The van der Waals surface area contributed by atoms with Gasteiger partial charge in [0.05, 0.1) is 11.0 Å². The number of carbonyl (C=O) groups is 1. The summed E-state index contributed by atoms with van der Waals surface area (Å²) in [5.74, 6) is 0. The SMILES string of the molecule is CCn1c(=O)n(C(=O)OC(C)C2CCCCN2)c2ccccc21. The summed E-state index contributed by atoms with van der Waals surface area (Å²) in [6, 6.07) is 7.45. The standard InChI is InChI=1S/C17H23N3O3/c1-3-19-14-9-4-5-10-15(14)20(16(19)21)17(22)23-12(2)13-8-6-7-11-18-13/h4-5,9-10,12-13,18H,3,6-8,11H2,1-2H3. The van der Waals surface area contributed by atoms with Crippen LogP contribution in [0.2, 0.25) is 0 Å². The first kappa shape index (κ1) is 15.8. The Hall–Kier alpha value is -2.08. The zero-order valence-corrected chi connectivity index (χ0v) is 13.6. The highest BCUT2D eigenvalue weighted by molar-refractivity contribution is 5.86. The van der Waals surface area contributed by atoms with E-state index in [0.29, 0.717) is 12.1 Å². The number of nitrogens with one attached hydrogen (secondary N) is 1. The number of carbonyl (C=O) groups excluding carboxylic acids is 1. The number of hydrogen-bond acceptors (Lipinski definition) is 4. The number of imidazole rings is 1. The smallest absolute Gasteiger partial charge is 0.423 e. The van der Waals surface area contributed by atoms with Crippen LogP contribution in [0.4, 0.5) is 4.79 Å². The van der Waals surface area contributed by atoms with E-state index in [0.717, 1.165) is 35.9 Å². The van der Waals surface area contributed by atoms with Crippen molar-refractivity contribution in [3.05, 3.63) is 34.7 Å². The molecule has 1 aliphatic heterocycles. The Morgan fingerprint density at radius 1 is 1.35 bits per heavy atom. The summed E-state index contributed by atoms with van der Waals surface area (Å²) in [5, 5.41) is 3.37. The van der Waals surface area contributed by atoms with Gasteiger partial charge in [-0.25, -0.2) is 9.59 Å². The van der Waals surface area contributed by atoms with E-state index in [1.807, 2.05) is 32.0 Å². The van der Waals surface area contributed by atoms with Gasteiger partial charge in [0.1, 0.15) is 6.10 Å². The van der Waals surface area contributed by atoms with E-state index in [4.69, 9.17) is 4.74 Å². The number of benzene rings is 1. The number of para-hydroxylation sites is 2. The van der Waals surface area contributed by atoms with Crippen molar-refractivity contribution in [1.82, 2.24) is 14.5 Å². The van der Waals surface area contributed by atoms with Gasteiger partial charge in [-0.15, -0.1) is 0 Å². The summed E-state index contributed by atoms with van der Waals surface area (Å²) in [6.07, 6.45) is 2.41. The maximum atomic E-state index is 12.6. The van der Waals surface area contributed by atoms with Crippen molar-refractivity contribution in [3.63, 3.8) is 0 Å². The van der Waals surface area contributed by atoms with Crippen molar-refractivity contribution in [1.29, 1.82) is 0 Å². The predicted molar refractivity (Wildman–Crippen MR) is 88.9 cm³/mol. The van der Waals surface area contributed by atoms with E-state index in [9.17, 15) is 9.59 Å². The third-order valence-electron chi connectivity index (χ3n) is 4.54. The molecule has 1 saturated heterocycles. The first-order chi connectivity index (χ1) is 11.1. The summed E-state index contributed by atoms with van der Waals surface area (Å²) < 4.78 is 8.29. The van der Waals surface area contributed by atoms with Gasteiger partial charge in [-0.1, -0.05) is 18.6 Å². The lowest BCUT2D eigenvalue weighted by molar-refractivity contribution is 0.0781. The fourth-order valence-corrected chi connectivity index (χ4v) is 3.26. The molecule has 2 unspecified atom stereocenters. The van der Waals surface area contributed by atoms with Crippen LogP contribution in [0.15, 0.2) is 29.1 Å². The minimum absolute atomic E-state index is 0.155. The molecule has 3 rings (SSSR count). The molecule has 1 fully saturated rings. The molecule has 6 heteroatoms. The summed E-state index contributed by atoms with van der Waals surface area (Å²) in [4.78, 5) is 25.1. The Bertz CT molecular complexity index is 756. The molecule has 1 N–H and O–H groups in total. The molecular formula is C17H23N3O3. The second-order valence-electron chi connectivity index (χ2n) is 6.00. The molecule has 0 amide bonds. The van der Waals surface area contributed by atoms with Gasteiger partial charge in [0, 0.05) is 12.6 Å². The van der Waals surface area contributed by atoms with Gasteiger partial charge in [0.2, 0.25) is 0 Å². The monoisotopic (exact) mass is 317 g/mol. The lowest BCUT2D eigenvalue weighted by Gasteiger charge is -2.28. The van der Waals surface area contributed by atoms with E-state index in [2.05, 4.69) is 5.32 Å². The average Bonchev–Trinajstić information content (AvgIpc) is 2.86. The van der Waals surface area contributed by atoms with Crippen LogP contribution in [0, 0.1) is 0 Å². The van der Waals surface area contributed by atoms with E-state index >= 15 is 0 Å². The molecular weight excluding hydrogens is 294 g/mol. The molecule has 23 heavy (non-hydrogen) atoms. The Morgan fingerprint density at radius 2 is 2.09 bits per heavy atom. The van der Waals surface area contributed by atoms with Crippen LogP contribution in [0.25, 0.3) is 11.0 Å². The van der Waals surface area contributed by atoms with E-state index in [1.54, 1.807) is 10.6 Å². The number of nitrogens with zero attached hydrogens (tertiary/aromatic N) is 2. The van der Waals surface area contributed by atoms with Crippen LogP contribution in [0.3, 0.4) is 0 Å². The number of piperidine rings is 1. The van der Waals surface area contributed by atoms with E-state index in [1.165, 1.54) is 0 Å². The molecule has 1 aromatic heterocycles. The lowest BCUT2D eigenvalue weighted by atomic mass is 10.0. The van der Waals surface area contributed by atoms with Crippen molar-refractivity contribution in [3.8, 4) is 0 Å². The molecule has 0 spiro atoms. The van der Waals surface area contributed by atoms with E-state index < -0.39 is 6.09 Å². The summed E-state index contributed by atoms with van der Waals surface area (Å²) in [5.41, 5.74) is 0.996. The molecule has 1 aromatic carbocycles. The lowest BCUT2D eigenvalue weighted by Crippen LogP contribution is -2.44. The van der Waals surface area contributed by atoms with Gasteiger partial charge < -0.3 is 10.1 Å². The van der Waals surface area contributed by atoms with Crippen LogP contribution in [-0.2, 0) is 11.3 Å². The van der Waals surface area contributed by atoms with Gasteiger partial charge in [0.25, 0.3) is 0 Å². The van der Waals surface area contributed by atoms with Gasteiger partial charge >= 0.3 is 11.8 Å². The number of aromatic nitrogens is 2. The largest absolute Gasteiger partial charge is 0.444 e. The molecule has 124 valence electrons. The minimum Gasteiger partial charge on any atom is -0.444 e. The summed E-state index contributed by atoms with van der Waals surface area (Å²) >= 11 is 0. The highest BCUT2D eigenvalue weighted by Crippen LogP contribution is 2.16. The van der Waals surface area contributed by atoms with Crippen molar-refractivity contribution < 1.29 is 9.53 Å². The summed E-state index contributed by atoms with van der Waals surface area (Å²) in [6.45, 7) is 5.23. The normalized spacial score (nSPS) is 19.7. The van der Waals surface area contributed by atoms with Crippen LogP contribution in [0.1, 0.15) is 33.1 Å². The summed E-state index contributed by atoms with van der Waals surface area (Å²) in [7, 11) is 0. The molecule has 2 atom stereocenters. The first-order valence-electron chi connectivity index (χ1n) is 8.28. The number of ether oxygens (including phenoxy) is 1. The highest BCUT2D eigenvalue weighted by Gasteiger charge is 2.25. The molecule has 2 aromatic rings. The predicted octanol–water partition coefficient (Wildman–Crippen LogP) is 2.34. The maximum absolute atomic E-state index is 12.6. The number of hydrogen-bond donors (Lipinski definition) is 1. The van der Waals surface area contributed by atoms with Crippen molar-refractivity contribution in [2.45, 2.75) is 51.8 Å². The number of rotatable bonds is 3. The van der Waals surface area contributed by atoms with Gasteiger partial charge in [-0.3, -0.25) is 4.57 Å².